The summed E-state index contributed by atoms with van der Waals surface area (Å²) in [5.41, 5.74) is 0.668. The summed E-state index contributed by atoms with van der Waals surface area (Å²) in [4.78, 5) is 31.8. The molecule has 2 fully saturated rings. The number of ether oxygens (including phenoxy) is 3. The van der Waals surface area contributed by atoms with E-state index in [2.05, 4.69) is 26.7 Å². The SMILES string of the molecule is C=CC(=O)N1CCN(c2nc(OC3COC[C@H]3N(C)C)nc3c(Oc4c(Cl)c(F)cc5[nH]ncc45)nc(Cl)cc23)CC1. The van der Waals surface area contributed by atoms with Gasteiger partial charge in [-0.3, -0.25) is 9.89 Å². The van der Waals surface area contributed by atoms with Gasteiger partial charge in [0.15, 0.2) is 5.75 Å². The van der Waals surface area contributed by atoms with Crippen molar-refractivity contribution in [3.8, 4) is 17.6 Å². The number of piperazine rings is 1. The third kappa shape index (κ3) is 5.28. The van der Waals surface area contributed by atoms with Crippen molar-refractivity contribution in [3.05, 3.63) is 47.0 Å². The molecular formula is C27H27Cl2FN8O4. The Morgan fingerprint density at radius 1 is 1.17 bits per heavy atom. The molecule has 12 nitrogen and oxygen atoms in total. The molecule has 2 atom stereocenters. The first-order valence-corrected chi connectivity index (χ1v) is 13.9. The molecule has 0 aliphatic carbocycles. The summed E-state index contributed by atoms with van der Waals surface area (Å²) in [6.45, 7) is 6.35. The molecule has 2 aliphatic rings. The highest BCUT2D eigenvalue weighted by Crippen LogP contribution is 2.41. The molecule has 3 aromatic heterocycles. The zero-order valence-electron chi connectivity index (χ0n) is 22.8. The Labute approximate surface area is 250 Å². The number of likely N-dealkylation sites (N-methyl/N-ethyl adjacent to an activating group) is 1. The Kier molecular flexibility index (Phi) is 7.75. The van der Waals surface area contributed by atoms with E-state index in [0.29, 0.717) is 61.5 Å². The number of hydrogen-bond donors (Lipinski definition) is 1. The van der Waals surface area contributed by atoms with Crippen molar-refractivity contribution >= 4 is 56.7 Å². The topological polar surface area (TPSA) is 122 Å². The van der Waals surface area contributed by atoms with Gasteiger partial charge in [0.2, 0.25) is 11.8 Å². The second kappa shape index (κ2) is 11.5. The number of rotatable bonds is 7. The van der Waals surface area contributed by atoms with Crippen LogP contribution in [0.15, 0.2) is 31.0 Å². The molecule has 0 radical (unpaired) electrons. The molecule has 1 unspecified atom stereocenters. The average molecular weight is 617 g/mol. The van der Waals surface area contributed by atoms with Crippen LogP contribution in [0, 0.1) is 5.82 Å². The second-order valence-corrected chi connectivity index (χ2v) is 10.9. The molecule has 15 heteroatoms. The molecule has 220 valence electrons. The summed E-state index contributed by atoms with van der Waals surface area (Å²) in [6.07, 6.45) is 2.44. The normalized spacial score (nSPS) is 19.2. The number of nitrogens with zero attached hydrogens (tertiary/aromatic N) is 7. The molecule has 0 bridgehead atoms. The van der Waals surface area contributed by atoms with Gasteiger partial charge >= 0.3 is 6.01 Å². The number of nitrogens with one attached hydrogen (secondary N) is 1. The van der Waals surface area contributed by atoms with Gasteiger partial charge in [0, 0.05) is 32.2 Å². The van der Waals surface area contributed by atoms with E-state index in [9.17, 15) is 9.18 Å². The van der Waals surface area contributed by atoms with Crippen LogP contribution in [-0.4, -0.2) is 106 Å². The van der Waals surface area contributed by atoms with Crippen LogP contribution in [0.3, 0.4) is 0 Å². The number of H-pyrrole nitrogens is 1. The first-order valence-electron chi connectivity index (χ1n) is 13.2. The van der Waals surface area contributed by atoms with Crippen LogP contribution in [0.5, 0.6) is 17.6 Å². The van der Waals surface area contributed by atoms with Crippen molar-refractivity contribution in [1.82, 2.24) is 34.9 Å². The maximum atomic E-state index is 14.7. The Morgan fingerprint density at radius 2 is 1.95 bits per heavy atom. The number of amides is 1. The minimum absolute atomic E-state index is 0.00697. The van der Waals surface area contributed by atoms with Crippen LogP contribution in [0.1, 0.15) is 0 Å². The third-order valence-electron chi connectivity index (χ3n) is 7.36. The van der Waals surface area contributed by atoms with E-state index < -0.39 is 5.82 Å². The number of carbonyl (C=O) groups excluding carboxylic acids is 1. The number of aromatic amines is 1. The van der Waals surface area contributed by atoms with Crippen LogP contribution in [0.25, 0.3) is 21.8 Å². The van der Waals surface area contributed by atoms with Gasteiger partial charge in [0.1, 0.15) is 33.4 Å². The fourth-order valence-corrected chi connectivity index (χ4v) is 5.50. The van der Waals surface area contributed by atoms with Gasteiger partial charge in [0.25, 0.3) is 0 Å². The van der Waals surface area contributed by atoms with Crippen LogP contribution < -0.4 is 14.4 Å². The molecule has 0 saturated carbocycles. The van der Waals surface area contributed by atoms with Crippen molar-refractivity contribution in [2.45, 2.75) is 12.1 Å². The minimum Gasteiger partial charge on any atom is -0.456 e. The summed E-state index contributed by atoms with van der Waals surface area (Å²) in [5.74, 6) is -0.325. The van der Waals surface area contributed by atoms with E-state index in [0.717, 1.165) is 0 Å². The van der Waals surface area contributed by atoms with Crippen LogP contribution in [0.4, 0.5) is 10.2 Å². The van der Waals surface area contributed by atoms with E-state index in [1.165, 1.54) is 18.3 Å². The molecule has 5 heterocycles. The van der Waals surface area contributed by atoms with Gasteiger partial charge in [-0.25, -0.2) is 4.39 Å². The lowest BCUT2D eigenvalue weighted by Crippen LogP contribution is -2.48. The lowest BCUT2D eigenvalue weighted by atomic mass is 10.2. The Hall–Kier alpha value is -3.78. The highest BCUT2D eigenvalue weighted by atomic mass is 35.5. The number of pyridine rings is 1. The van der Waals surface area contributed by atoms with Crippen molar-refractivity contribution in [2.24, 2.45) is 0 Å². The van der Waals surface area contributed by atoms with Gasteiger partial charge in [-0.2, -0.15) is 20.1 Å². The van der Waals surface area contributed by atoms with Gasteiger partial charge < -0.3 is 28.9 Å². The zero-order chi connectivity index (χ0) is 29.5. The number of carbonyl (C=O) groups is 1. The molecule has 4 aromatic rings. The van der Waals surface area contributed by atoms with E-state index in [1.807, 2.05) is 23.9 Å². The maximum absolute atomic E-state index is 14.7. The maximum Gasteiger partial charge on any atom is 0.319 e. The largest absolute Gasteiger partial charge is 0.456 e. The Morgan fingerprint density at radius 3 is 2.69 bits per heavy atom. The van der Waals surface area contributed by atoms with E-state index in [1.54, 1.807) is 11.0 Å². The molecule has 1 amide bonds. The zero-order valence-corrected chi connectivity index (χ0v) is 24.3. The molecule has 2 aliphatic heterocycles. The summed E-state index contributed by atoms with van der Waals surface area (Å²) in [5, 5.41) is 7.53. The Balaban J connectivity index is 1.46. The molecule has 2 saturated heterocycles. The van der Waals surface area contributed by atoms with Gasteiger partial charge in [-0.05, 0) is 26.2 Å². The summed E-state index contributed by atoms with van der Waals surface area (Å²) >= 11 is 12.8. The number of aromatic nitrogens is 5. The predicted octanol–water partition coefficient (Wildman–Crippen LogP) is 3.68. The van der Waals surface area contributed by atoms with Gasteiger partial charge in [-0.1, -0.05) is 29.8 Å². The van der Waals surface area contributed by atoms with Crippen LogP contribution in [-0.2, 0) is 9.53 Å². The monoisotopic (exact) mass is 616 g/mol. The van der Waals surface area contributed by atoms with Crippen molar-refractivity contribution in [1.29, 1.82) is 0 Å². The minimum atomic E-state index is -0.697. The summed E-state index contributed by atoms with van der Waals surface area (Å²) < 4.78 is 32.8. The van der Waals surface area contributed by atoms with Gasteiger partial charge in [-0.15, -0.1) is 0 Å². The number of fused-ring (bicyclic) bond motifs is 2. The Bertz CT molecular complexity index is 1680. The molecule has 0 spiro atoms. The van der Waals surface area contributed by atoms with Crippen LogP contribution in [0.2, 0.25) is 10.2 Å². The molecule has 6 rings (SSSR count). The molecule has 42 heavy (non-hydrogen) atoms. The van der Waals surface area contributed by atoms with Gasteiger partial charge in [0.05, 0.1) is 41.7 Å². The van der Waals surface area contributed by atoms with Crippen molar-refractivity contribution < 1.29 is 23.4 Å². The number of anilines is 1. The smallest absolute Gasteiger partial charge is 0.319 e. The number of benzene rings is 1. The first-order chi connectivity index (χ1) is 20.2. The van der Waals surface area contributed by atoms with Crippen LogP contribution >= 0.6 is 23.2 Å². The highest BCUT2D eigenvalue weighted by Gasteiger charge is 2.33. The van der Waals surface area contributed by atoms with E-state index in [-0.39, 0.29) is 51.4 Å². The number of halogens is 3. The molecular weight excluding hydrogens is 590 g/mol. The highest BCUT2D eigenvalue weighted by molar-refractivity contribution is 6.33. The van der Waals surface area contributed by atoms with Crippen molar-refractivity contribution in [2.75, 3.05) is 58.4 Å². The fourth-order valence-electron chi connectivity index (χ4n) is 5.12. The molecule has 1 N–H and O–H groups in total. The molecule has 1 aromatic carbocycles. The van der Waals surface area contributed by atoms with Crippen molar-refractivity contribution in [3.63, 3.8) is 0 Å². The predicted molar refractivity (Wildman–Crippen MR) is 155 cm³/mol. The van der Waals surface area contributed by atoms with E-state index in [4.69, 9.17) is 42.4 Å². The standard InChI is InChI=1S/C27H27Cl2FN8O4/c1-4-21(39)37-5-7-38(8-6-37)25-14-9-20(28)32-26(42-24-15-11-31-35-17(15)10-16(30)22(24)29)23(14)33-27(34-25)41-19-13-40-12-18(19)36(2)3/h4,9-11,18-19H,1,5-8,12-13H2,2-3H3,(H,31,35)/t18-,19?/m1/s1. The lowest BCUT2D eigenvalue weighted by Gasteiger charge is -2.35. The third-order valence-corrected chi connectivity index (χ3v) is 7.90. The fraction of sp³-hybridized carbons (Fsp3) is 0.370. The van der Waals surface area contributed by atoms with E-state index >= 15 is 0 Å². The quantitative estimate of drug-likeness (QED) is 0.243. The lowest BCUT2D eigenvalue weighted by molar-refractivity contribution is -0.126. The summed E-state index contributed by atoms with van der Waals surface area (Å²) in [6, 6.07) is 2.93. The number of hydrogen-bond acceptors (Lipinski definition) is 10. The average Bonchev–Trinajstić information content (AvgIpc) is 3.64. The second-order valence-electron chi connectivity index (χ2n) is 10.2. The first kappa shape index (κ1) is 28.3. The summed E-state index contributed by atoms with van der Waals surface area (Å²) in [7, 11) is 3.90.